The van der Waals surface area contributed by atoms with Crippen molar-refractivity contribution in [2.24, 2.45) is 11.3 Å². The Morgan fingerprint density at radius 2 is 1.10 bits per heavy atom. The molecule has 0 aliphatic carbocycles. The van der Waals surface area contributed by atoms with E-state index < -0.39 is 7.14 Å². The third-order valence-electron chi connectivity index (χ3n) is 5.06. The van der Waals surface area contributed by atoms with E-state index in [1.807, 2.05) is 36.4 Å². The fourth-order valence-electron chi connectivity index (χ4n) is 4.22. The van der Waals surface area contributed by atoms with Crippen LogP contribution in [0.1, 0.15) is 34.1 Å². The number of methoxy groups -OCH3 is 4. The lowest BCUT2D eigenvalue weighted by atomic mass is 9.86. The Bertz CT molecular complexity index is 797. The Labute approximate surface area is 181 Å². The first-order chi connectivity index (χ1) is 14.1. The summed E-state index contributed by atoms with van der Waals surface area (Å²) in [7, 11) is 3.05. The van der Waals surface area contributed by atoms with Gasteiger partial charge in [-0.3, -0.25) is 0 Å². The average molecular weight is 435 g/mol. The molecular formula is C24H35O5P. The molecule has 0 N–H and O–H groups in total. The molecule has 1 unspecified atom stereocenters. The molecule has 0 aliphatic rings. The van der Waals surface area contributed by atoms with Crippen LogP contribution in [0.15, 0.2) is 36.4 Å². The van der Waals surface area contributed by atoms with Crippen LogP contribution in [0, 0.1) is 11.3 Å². The van der Waals surface area contributed by atoms with Crippen LogP contribution < -0.4 is 29.6 Å². The van der Waals surface area contributed by atoms with Gasteiger partial charge in [0.2, 0.25) is 0 Å². The third-order valence-corrected chi connectivity index (χ3v) is 8.52. The second kappa shape index (κ2) is 9.78. The van der Waals surface area contributed by atoms with Gasteiger partial charge in [0.05, 0.1) is 28.4 Å². The van der Waals surface area contributed by atoms with Gasteiger partial charge in [-0.25, -0.2) is 0 Å². The summed E-state index contributed by atoms with van der Waals surface area (Å²) >= 11 is 0. The largest absolute Gasteiger partial charge is 0.496 e. The molecule has 5 nitrogen and oxygen atoms in total. The predicted octanol–water partition coefficient (Wildman–Crippen LogP) is 5.11. The second-order valence-corrected chi connectivity index (χ2v) is 11.6. The minimum absolute atomic E-state index is 0.111. The van der Waals surface area contributed by atoms with E-state index >= 15 is 4.57 Å². The van der Waals surface area contributed by atoms with Crippen LogP contribution in [0.2, 0.25) is 0 Å². The van der Waals surface area contributed by atoms with E-state index in [9.17, 15) is 0 Å². The molecule has 0 aromatic heterocycles. The fraction of sp³-hybridized carbons (Fsp3) is 0.500. The van der Waals surface area contributed by atoms with E-state index in [4.69, 9.17) is 18.9 Å². The molecule has 0 aliphatic heterocycles. The van der Waals surface area contributed by atoms with Crippen LogP contribution in [-0.4, -0.2) is 34.6 Å². The van der Waals surface area contributed by atoms with E-state index in [0.717, 1.165) is 6.42 Å². The number of benzene rings is 2. The van der Waals surface area contributed by atoms with Gasteiger partial charge >= 0.3 is 0 Å². The maximum Gasteiger partial charge on any atom is 0.158 e. The highest BCUT2D eigenvalue weighted by molar-refractivity contribution is 7.79. The molecule has 1 atom stereocenters. The minimum Gasteiger partial charge on any atom is -0.496 e. The summed E-state index contributed by atoms with van der Waals surface area (Å²) in [6.07, 6.45) is 1.36. The third kappa shape index (κ3) is 5.13. The summed E-state index contributed by atoms with van der Waals surface area (Å²) in [5, 5.41) is 1.14. The van der Waals surface area contributed by atoms with Crippen LogP contribution in [0.25, 0.3) is 0 Å². The highest BCUT2D eigenvalue weighted by Gasteiger charge is 2.40. The molecule has 0 saturated heterocycles. The molecule has 0 spiro atoms. The molecule has 2 aromatic rings. The number of hydrogen-bond acceptors (Lipinski definition) is 5. The van der Waals surface area contributed by atoms with Crippen molar-refractivity contribution in [1.82, 2.24) is 0 Å². The van der Waals surface area contributed by atoms with E-state index in [2.05, 4.69) is 27.7 Å². The summed E-state index contributed by atoms with van der Waals surface area (Å²) in [4.78, 5) is 0. The van der Waals surface area contributed by atoms with Crippen molar-refractivity contribution in [2.45, 2.75) is 34.1 Å². The summed E-state index contributed by atoms with van der Waals surface area (Å²) in [5.74, 6) is 2.32. The van der Waals surface area contributed by atoms with Gasteiger partial charge in [-0.2, -0.15) is 0 Å². The molecule has 0 bridgehead atoms. The van der Waals surface area contributed by atoms with Crippen LogP contribution >= 0.6 is 7.14 Å². The zero-order valence-electron chi connectivity index (χ0n) is 19.4. The van der Waals surface area contributed by atoms with Gasteiger partial charge in [0, 0.05) is 6.16 Å². The predicted molar refractivity (Wildman–Crippen MR) is 124 cm³/mol. The second-order valence-electron chi connectivity index (χ2n) is 8.81. The molecular weight excluding hydrogens is 399 g/mol. The van der Waals surface area contributed by atoms with Crippen molar-refractivity contribution >= 4 is 17.8 Å². The number of rotatable bonds is 9. The lowest BCUT2D eigenvalue weighted by Gasteiger charge is -2.30. The van der Waals surface area contributed by atoms with Crippen LogP contribution in [-0.2, 0) is 4.57 Å². The Morgan fingerprint density at radius 3 is 1.37 bits per heavy atom. The lowest BCUT2D eigenvalue weighted by Crippen LogP contribution is -2.27. The minimum atomic E-state index is -3.28. The Kier molecular flexibility index (Phi) is 7.87. The summed E-state index contributed by atoms with van der Waals surface area (Å²) in [6.45, 7) is 8.73. The molecule has 0 radical (unpaired) electrons. The quantitative estimate of drug-likeness (QED) is 0.514. The number of hydrogen-bond donors (Lipinski definition) is 0. The van der Waals surface area contributed by atoms with Crippen LogP contribution in [0.3, 0.4) is 0 Å². The summed E-state index contributed by atoms with van der Waals surface area (Å²) < 4.78 is 37.7. The van der Waals surface area contributed by atoms with E-state index in [1.54, 1.807) is 28.4 Å². The highest BCUT2D eigenvalue weighted by Crippen LogP contribution is 2.55. The van der Waals surface area contributed by atoms with Gasteiger partial charge in [0.1, 0.15) is 33.6 Å². The van der Waals surface area contributed by atoms with Crippen molar-refractivity contribution in [3.8, 4) is 23.0 Å². The van der Waals surface area contributed by atoms with E-state index in [0.29, 0.717) is 39.8 Å². The smallest absolute Gasteiger partial charge is 0.158 e. The van der Waals surface area contributed by atoms with Gasteiger partial charge < -0.3 is 23.5 Å². The van der Waals surface area contributed by atoms with Crippen LogP contribution in [0.4, 0.5) is 0 Å². The Balaban J connectivity index is 2.85. The van der Waals surface area contributed by atoms with E-state index in [1.165, 1.54) is 0 Å². The maximum absolute atomic E-state index is 15.1. The highest BCUT2D eigenvalue weighted by atomic mass is 31.2. The molecule has 0 heterocycles. The van der Waals surface area contributed by atoms with E-state index in [-0.39, 0.29) is 11.3 Å². The zero-order valence-corrected chi connectivity index (χ0v) is 20.3. The molecule has 2 rings (SSSR count). The fourth-order valence-corrected chi connectivity index (χ4v) is 7.90. The van der Waals surface area contributed by atoms with Crippen molar-refractivity contribution in [3.05, 3.63) is 36.4 Å². The molecule has 0 fully saturated rings. The van der Waals surface area contributed by atoms with Gasteiger partial charge in [-0.1, -0.05) is 39.8 Å². The molecule has 0 amide bonds. The SMILES string of the molecule is COc1cccc(OC)c1P(=O)(CC(C)CC(C)(C)C)c1c(OC)cccc1OC. The topological polar surface area (TPSA) is 54.0 Å². The van der Waals surface area contributed by atoms with Crippen molar-refractivity contribution in [3.63, 3.8) is 0 Å². The van der Waals surface area contributed by atoms with Gasteiger partial charge in [-0.05, 0) is 42.0 Å². The first-order valence-electron chi connectivity index (χ1n) is 10.1. The van der Waals surface area contributed by atoms with Gasteiger partial charge in [0.25, 0.3) is 0 Å². The first kappa shape index (κ1) is 24.1. The normalized spacial score (nSPS) is 12.9. The zero-order chi connectivity index (χ0) is 22.5. The molecule has 166 valence electrons. The lowest BCUT2D eigenvalue weighted by molar-refractivity contribution is 0.321. The standard InChI is InChI=1S/C24H35O5P/c1-17(15-24(2,3)4)16-30(25,22-18(26-5)11-9-12-19(22)27-6)23-20(28-7)13-10-14-21(23)29-8/h9-14,17H,15-16H2,1-8H3. The van der Waals surface area contributed by atoms with Gasteiger partial charge in [-0.15, -0.1) is 0 Å². The van der Waals surface area contributed by atoms with Crippen LogP contribution in [0.5, 0.6) is 23.0 Å². The van der Waals surface area contributed by atoms with Gasteiger partial charge in [0.15, 0.2) is 7.14 Å². The monoisotopic (exact) mass is 434 g/mol. The van der Waals surface area contributed by atoms with Crippen molar-refractivity contribution < 1.29 is 23.5 Å². The maximum atomic E-state index is 15.1. The molecule has 0 saturated carbocycles. The Morgan fingerprint density at radius 1 is 0.767 bits per heavy atom. The molecule has 30 heavy (non-hydrogen) atoms. The van der Waals surface area contributed by atoms with Crippen molar-refractivity contribution in [1.29, 1.82) is 0 Å². The Hall–Kier alpha value is -2.13. The summed E-state index contributed by atoms with van der Waals surface area (Å²) in [6, 6.07) is 11.0. The first-order valence-corrected chi connectivity index (χ1v) is 12.0. The molecule has 2 aromatic carbocycles. The number of ether oxygens (including phenoxy) is 4. The molecule has 6 heteroatoms. The van der Waals surface area contributed by atoms with Crippen molar-refractivity contribution in [2.75, 3.05) is 34.6 Å². The summed E-state index contributed by atoms with van der Waals surface area (Å²) in [5.41, 5.74) is 0.111. The average Bonchev–Trinajstić information content (AvgIpc) is 2.70.